The van der Waals surface area contributed by atoms with E-state index in [0.29, 0.717) is 12.4 Å². The van der Waals surface area contributed by atoms with Crippen LogP contribution in [0.15, 0.2) is 60.9 Å². The summed E-state index contributed by atoms with van der Waals surface area (Å²) >= 11 is 0. The third-order valence-electron chi connectivity index (χ3n) is 6.53. The standard InChI is InChI=1S/C25H25F3N4O2/c26-25(27,28)19-5-7-20(8-6-19)34-24-13-23(29-16-30-24)32-12-10-21(22(33)15-32)31-11-9-17-3-1-2-4-18(17)14-31/h1-8,13,16,21-22,33H,9-12,14-15H2/t21-,22-/m1/s1. The summed E-state index contributed by atoms with van der Waals surface area (Å²) in [5.41, 5.74) is 1.97. The molecule has 0 saturated carbocycles. The number of ether oxygens (including phenoxy) is 1. The predicted molar refractivity (Wildman–Crippen MR) is 121 cm³/mol. The van der Waals surface area contributed by atoms with Crippen LogP contribution in [0.5, 0.6) is 11.6 Å². The Morgan fingerprint density at radius 1 is 0.971 bits per heavy atom. The average molecular weight is 470 g/mol. The first kappa shape index (κ1) is 22.6. The summed E-state index contributed by atoms with van der Waals surface area (Å²) in [6.07, 6.45) is -1.80. The van der Waals surface area contributed by atoms with Crippen LogP contribution in [0.2, 0.25) is 0 Å². The lowest BCUT2D eigenvalue weighted by Gasteiger charge is -2.43. The highest BCUT2D eigenvalue weighted by molar-refractivity contribution is 5.43. The van der Waals surface area contributed by atoms with Crippen LogP contribution in [0.3, 0.4) is 0 Å². The van der Waals surface area contributed by atoms with Gasteiger partial charge < -0.3 is 14.7 Å². The van der Waals surface area contributed by atoms with Crippen molar-refractivity contribution in [2.24, 2.45) is 0 Å². The molecule has 3 aromatic rings. The van der Waals surface area contributed by atoms with Gasteiger partial charge in [-0.15, -0.1) is 0 Å². The van der Waals surface area contributed by atoms with Gasteiger partial charge in [0.1, 0.15) is 17.9 Å². The van der Waals surface area contributed by atoms with Crippen LogP contribution < -0.4 is 9.64 Å². The molecule has 0 amide bonds. The lowest BCUT2D eigenvalue weighted by Crippen LogP contribution is -2.55. The number of aliphatic hydroxyl groups is 1. The van der Waals surface area contributed by atoms with Gasteiger partial charge in [-0.05, 0) is 48.2 Å². The average Bonchev–Trinajstić information content (AvgIpc) is 2.84. The molecule has 1 aromatic heterocycles. The minimum Gasteiger partial charge on any atom is -0.439 e. The SMILES string of the molecule is O[C@@H]1CN(c2cc(Oc3ccc(C(F)(F)F)cc3)ncn2)CC[C@H]1N1CCc2ccccc2C1. The lowest BCUT2D eigenvalue weighted by atomic mass is 9.94. The van der Waals surface area contributed by atoms with Crippen molar-refractivity contribution in [2.75, 3.05) is 24.5 Å². The molecule has 178 valence electrons. The molecular formula is C25H25F3N4O2. The van der Waals surface area contributed by atoms with E-state index in [-0.39, 0.29) is 17.7 Å². The van der Waals surface area contributed by atoms with Crippen LogP contribution in [-0.2, 0) is 19.1 Å². The molecule has 9 heteroatoms. The van der Waals surface area contributed by atoms with Crippen molar-refractivity contribution in [3.8, 4) is 11.6 Å². The van der Waals surface area contributed by atoms with Crippen LogP contribution in [0, 0.1) is 0 Å². The first-order valence-electron chi connectivity index (χ1n) is 11.3. The molecule has 3 heterocycles. The first-order chi connectivity index (χ1) is 16.4. The maximum absolute atomic E-state index is 12.8. The Morgan fingerprint density at radius 3 is 2.47 bits per heavy atom. The third-order valence-corrected chi connectivity index (χ3v) is 6.53. The summed E-state index contributed by atoms with van der Waals surface area (Å²) in [5.74, 6) is 1.09. The van der Waals surface area contributed by atoms with Gasteiger partial charge in [0.25, 0.3) is 0 Å². The number of anilines is 1. The van der Waals surface area contributed by atoms with Gasteiger partial charge in [-0.25, -0.2) is 9.97 Å². The maximum Gasteiger partial charge on any atom is 0.416 e. The molecule has 2 aliphatic rings. The monoisotopic (exact) mass is 470 g/mol. The Bertz CT molecular complexity index is 1140. The van der Waals surface area contributed by atoms with Crippen molar-refractivity contribution in [3.63, 3.8) is 0 Å². The van der Waals surface area contributed by atoms with Crippen LogP contribution in [0.1, 0.15) is 23.1 Å². The van der Waals surface area contributed by atoms with Gasteiger partial charge in [0.05, 0.1) is 11.7 Å². The van der Waals surface area contributed by atoms with Crippen molar-refractivity contribution in [2.45, 2.75) is 37.7 Å². The van der Waals surface area contributed by atoms with E-state index >= 15 is 0 Å². The highest BCUT2D eigenvalue weighted by Crippen LogP contribution is 2.32. The highest BCUT2D eigenvalue weighted by Gasteiger charge is 2.34. The molecule has 5 rings (SSSR count). The quantitative estimate of drug-likeness (QED) is 0.614. The van der Waals surface area contributed by atoms with E-state index in [1.807, 2.05) is 4.90 Å². The van der Waals surface area contributed by atoms with Crippen LogP contribution in [0.4, 0.5) is 19.0 Å². The van der Waals surface area contributed by atoms with E-state index in [4.69, 9.17) is 4.74 Å². The molecule has 2 atom stereocenters. The van der Waals surface area contributed by atoms with E-state index in [0.717, 1.165) is 44.6 Å². The summed E-state index contributed by atoms with van der Waals surface area (Å²) < 4.78 is 43.9. The predicted octanol–water partition coefficient (Wildman–Crippen LogP) is 4.29. The number of benzene rings is 2. The van der Waals surface area contributed by atoms with Crippen molar-refractivity contribution in [1.29, 1.82) is 0 Å². The molecule has 0 radical (unpaired) electrons. The summed E-state index contributed by atoms with van der Waals surface area (Å²) in [6.45, 7) is 2.92. The van der Waals surface area contributed by atoms with Crippen LogP contribution in [-0.4, -0.2) is 51.8 Å². The fraction of sp³-hybridized carbons (Fsp3) is 0.360. The molecule has 0 bridgehead atoms. The number of aromatic nitrogens is 2. The second kappa shape index (κ2) is 9.23. The Balaban J connectivity index is 1.22. The Kier molecular flexibility index (Phi) is 6.14. The number of halogens is 3. The Morgan fingerprint density at radius 2 is 1.74 bits per heavy atom. The highest BCUT2D eigenvalue weighted by atomic mass is 19.4. The Labute approximate surface area is 195 Å². The van der Waals surface area contributed by atoms with E-state index < -0.39 is 17.8 Å². The summed E-state index contributed by atoms with van der Waals surface area (Å²) in [4.78, 5) is 12.7. The molecule has 34 heavy (non-hydrogen) atoms. The molecule has 1 fully saturated rings. The molecule has 2 aromatic carbocycles. The van der Waals surface area contributed by atoms with Gasteiger partial charge in [0, 0.05) is 38.3 Å². The topological polar surface area (TPSA) is 61.7 Å². The normalized spacial score (nSPS) is 21.2. The van der Waals surface area contributed by atoms with E-state index in [2.05, 4.69) is 39.1 Å². The van der Waals surface area contributed by atoms with Gasteiger partial charge in [0.15, 0.2) is 0 Å². The van der Waals surface area contributed by atoms with Crippen molar-refractivity contribution < 1.29 is 23.0 Å². The number of piperidine rings is 1. The molecule has 2 aliphatic heterocycles. The second-order valence-corrected chi connectivity index (χ2v) is 8.70. The zero-order valence-corrected chi connectivity index (χ0v) is 18.4. The Hall–Kier alpha value is -3.17. The number of nitrogens with zero attached hydrogens (tertiary/aromatic N) is 4. The molecule has 1 N–H and O–H groups in total. The minimum atomic E-state index is -4.40. The number of rotatable bonds is 4. The van der Waals surface area contributed by atoms with Crippen molar-refractivity contribution in [3.05, 3.63) is 77.6 Å². The van der Waals surface area contributed by atoms with Gasteiger partial charge in [-0.1, -0.05) is 24.3 Å². The number of hydrogen-bond donors (Lipinski definition) is 1. The van der Waals surface area contributed by atoms with Gasteiger partial charge >= 0.3 is 6.18 Å². The van der Waals surface area contributed by atoms with E-state index in [1.165, 1.54) is 29.6 Å². The maximum atomic E-state index is 12.8. The number of hydrogen-bond acceptors (Lipinski definition) is 6. The van der Waals surface area contributed by atoms with Crippen LogP contribution in [0.25, 0.3) is 0 Å². The fourth-order valence-corrected chi connectivity index (χ4v) is 4.75. The summed E-state index contributed by atoms with van der Waals surface area (Å²) in [7, 11) is 0. The number of β-amino-alcohol motifs (C(OH)–C–C–N with tert-alkyl or cyclic N) is 1. The largest absolute Gasteiger partial charge is 0.439 e. The lowest BCUT2D eigenvalue weighted by molar-refractivity contribution is -0.137. The van der Waals surface area contributed by atoms with Crippen molar-refractivity contribution in [1.82, 2.24) is 14.9 Å². The van der Waals surface area contributed by atoms with Crippen molar-refractivity contribution >= 4 is 5.82 Å². The first-order valence-corrected chi connectivity index (χ1v) is 11.3. The molecule has 6 nitrogen and oxygen atoms in total. The smallest absolute Gasteiger partial charge is 0.416 e. The third kappa shape index (κ3) is 4.85. The van der Waals surface area contributed by atoms with Gasteiger partial charge in [-0.2, -0.15) is 13.2 Å². The van der Waals surface area contributed by atoms with E-state index in [9.17, 15) is 18.3 Å². The zero-order chi connectivity index (χ0) is 23.7. The van der Waals surface area contributed by atoms with Gasteiger partial charge in [0.2, 0.25) is 5.88 Å². The minimum absolute atomic E-state index is 0.0781. The number of aliphatic hydroxyl groups excluding tert-OH is 1. The number of alkyl halides is 3. The second-order valence-electron chi connectivity index (χ2n) is 8.70. The molecule has 0 unspecified atom stereocenters. The van der Waals surface area contributed by atoms with Crippen LogP contribution >= 0.6 is 0 Å². The van der Waals surface area contributed by atoms with E-state index in [1.54, 1.807) is 6.07 Å². The summed E-state index contributed by atoms with van der Waals surface area (Å²) in [5, 5.41) is 10.9. The van der Waals surface area contributed by atoms with Gasteiger partial charge in [-0.3, -0.25) is 4.90 Å². The fourth-order valence-electron chi connectivity index (χ4n) is 4.75. The number of fused-ring (bicyclic) bond motifs is 1. The zero-order valence-electron chi connectivity index (χ0n) is 18.4. The summed E-state index contributed by atoms with van der Waals surface area (Å²) in [6, 6.07) is 14.6. The molecular weight excluding hydrogens is 445 g/mol. The molecule has 0 aliphatic carbocycles. The molecule has 0 spiro atoms. The molecule has 1 saturated heterocycles.